The number of aromatic nitrogens is 3. The molecule has 0 spiro atoms. The molecule has 1 N–H and O–H groups in total. The van der Waals surface area contributed by atoms with Gasteiger partial charge in [0.15, 0.2) is 0 Å². The van der Waals surface area contributed by atoms with Gasteiger partial charge in [-0.15, -0.1) is 0 Å². The largest absolute Gasteiger partial charge is 0.478 e. The molecule has 1 fully saturated rings. The highest BCUT2D eigenvalue weighted by atomic mass is 16.4. The summed E-state index contributed by atoms with van der Waals surface area (Å²) >= 11 is 0. The Bertz CT molecular complexity index is 1580. The zero-order chi connectivity index (χ0) is 21.8. The topological polar surface area (TPSA) is 83.8 Å². The molecule has 0 unspecified atom stereocenters. The molecule has 3 aromatic carbocycles. The van der Waals surface area contributed by atoms with E-state index in [1.54, 1.807) is 12.1 Å². The second-order valence-corrected chi connectivity index (χ2v) is 8.49. The van der Waals surface area contributed by atoms with Gasteiger partial charge in [0.2, 0.25) is 0 Å². The monoisotopic (exact) mass is 420 g/mol. The van der Waals surface area contributed by atoms with Gasteiger partial charge in [-0.05, 0) is 61.2 Å². The summed E-state index contributed by atoms with van der Waals surface area (Å²) < 4.78 is 4.27. The highest BCUT2D eigenvalue weighted by molar-refractivity contribution is 6.09. The number of imidazole rings is 1. The molecule has 1 aliphatic carbocycles. The Hall–Kier alpha value is -4.11. The second-order valence-electron chi connectivity index (χ2n) is 8.49. The van der Waals surface area contributed by atoms with E-state index in [4.69, 9.17) is 4.98 Å². The van der Waals surface area contributed by atoms with Crippen LogP contribution in [0.1, 0.15) is 23.2 Å². The van der Waals surface area contributed by atoms with Crippen LogP contribution in [0.3, 0.4) is 0 Å². The second kappa shape index (κ2) is 6.96. The summed E-state index contributed by atoms with van der Waals surface area (Å²) in [6.45, 7) is 1.17. The van der Waals surface area contributed by atoms with E-state index in [0.29, 0.717) is 18.0 Å². The number of rotatable bonds is 5. The minimum absolute atomic E-state index is 0.246. The number of nitrogens with zero attached hydrogens (tertiary/aromatic N) is 4. The Labute approximate surface area is 183 Å². The molecule has 156 valence electrons. The van der Waals surface area contributed by atoms with E-state index < -0.39 is 5.97 Å². The lowest BCUT2D eigenvalue weighted by molar-refractivity contribution is 0.0697. The van der Waals surface area contributed by atoms with Gasteiger partial charge < -0.3 is 14.2 Å². The van der Waals surface area contributed by atoms with Crippen LogP contribution >= 0.6 is 0 Å². The van der Waals surface area contributed by atoms with Crippen LogP contribution in [0.4, 0.5) is 0 Å². The third kappa shape index (κ3) is 2.86. The summed E-state index contributed by atoms with van der Waals surface area (Å²) in [5.74, 6) is 0.553. The van der Waals surface area contributed by atoms with Crippen molar-refractivity contribution in [3.05, 3.63) is 66.2 Å². The van der Waals surface area contributed by atoms with Crippen LogP contribution in [0.5, 0.6) is 0 Å². The van der Waals surface area contributed by atoms with Crippen molar-refractivity contribution in [3.63, 3.8) is 0 Å². The molecule has 1 saturated carbocycles. The minimum atomic E-state index is -0.947. The fraction of sp³-hybridized carbons (Fsp3) is 0.192. The lowest BCUT2D eigenvalue weighted by atomic mass is 10.1. The van der Waals surface area contributed by atoms with Gasteiger partial charge in [-0.25, -0.2) is 9.78 Å². The van der Waals surface area contributed by atoms with Crippen LogP contribution < -0.4 is 0 Å². The predicted molar refractivity (Wildman–Crippen MR) is 123 cm³/mol. The number of para-hydroxylation sites is 1. The normalized spacial score (nSPS) is 13.7. The molecule has 5 aromatic rings. The maximum absolute atomic E-state index is 11.5. The summed E-state index contributed by atoms with van der Waals surface area (Å²) in [5.41, 5.74) is 4.96. The first-order valence-corrected chi connectivity index (χ1v) is 10.8. The first-order valence-electron chi connectivity index (χ1n) is 10.8. The summed E-state index contributed by atoms with van der Waals surface area (Å²) in [6.07, 6.45) is 2.43. The fourth-order valence-electron chi connectivity index (χ4n) is 4.66. The minimum Gasteiger partial charge on any atom is -0.478 e. The molecule has 32 heavy (non-hydrogen) atoms. The third-order valence-corrected chi connectivity index (χ3v) is 6.39. The lowest BCUT2D eigenvalue weighted by Gasteiger charge is -2.09. The van der Waals surface area contributed by atoms with E-state index in [9.17, 15) is 15.2 Å². The van der Waals surface area contributed by atoms with E-state index in [0.717, 1.165) is 45.3 Å². The Balaban J connectivity index is 1.59. The van der Waals surface area contributed by atoms with Gasteiger partial charge in [0.1, 0.15) is 12.4 Å². The molecule has 6 rings (SSSR count). The number of fused-ring (bicyclic) bond motifs is 4. The molecule has 0 saturated heterocycles. The number of aromatic carboxylic acids is 1. The van der Waals surface area contributed by atoms with E-state index in [2.05, 4.69) is 34.9 Å². The maximum Gasteiger partial charge on any atom is 0.335 e. The summed E-state index contributed by atoms with van der Waals surface area (Å²) in [4.78, 5) is 16.3. The number of benzene rings is 3. The van der Waals surface area contributed by atoms with Gasteiger partial charge in [-0.2, -0.15) is 5.26 Å². The molecule has 0 bridgehead atoms. The van der Waals surface area contributed by atoms with Crippen molar-refractivity contribution >= 4 is 38.8 Å². The number of hydrogen-bond donors (Lipinski definition) is 1. The molecule has 0 amide bonds. The summed E-state index contributed by atoms with van der Waals surface area (Å²) in [7, 11) is 0. The van der Waals surface area contributed by atoms with Gasteiger partial charge in [-0.3, -0.25) is 0 Å². The van der Waals surface area contributed by atoms with Gasteiger partial charge in [0.25, 0.3) is 0 Å². The molecular formula is C26H20N4O2. The smallest absolute Gasteiger partial charge is 0.335 e. The van der Waals surface area contributed by atoms with Crippen LogP contribution in [0, 0.1) is 17.2 Å². The zero-order valence-electron chi connectivity index (χ0n) is 17.3. The van der Waals surface area contributed by atoms with Crippen molar-refractivity contribution in [2.45, 2.75) is 25.9 Å². The van der Waals surface area contributed by atoms with Crippen molar-refractivity contribution in [1.29, 1.82) is 5.26 Å². The molecule has 0 radical (unpaired) electrons. The molecule has 2 aromatic heterocycles. The average molecular weight is 420 g/mol. The number of carboxylic acids is 1. The van der Waals surface area contributed by atoms with Crippen molar-refractivity contribution in [2.24, 2.45) is 5.92 Å². The van der Waals surface area contributed by atoms with E-state index in [-0.39, 0.29) is 5.56 Å². The molecular weight excluding hydrogens is 400 g/mol. The lowest BCUT2D eigenvalue weighted by Crippen LogP contribution is -2.02. The van der Waals surface area contributed by atoms with E-state index in [1.165, 1.54) is 12.8 Å². The molecule has 1 aliphatic rings. The molecule has 0 aliphatic heterocycles. The first kappa shape index (κ1) is 18.6. The van der Waals surface area contributed by atoms with E-state index >= 15 is 0 Å². The Morgan fingerprint density at radius 1 is 1.00 bits per heavy atom. The van der Waals surface area contributed by atoms with Crippen LogP contribution in [-0.4, -0.2) is 25.2 Å². The fourth-order valence-corrected chi connectivity index (χ4v) is 4.66. The number of nitriles is 1. The number of carboxylic acid groups (broad SMARTS) is 1. The zero-order valence-corrected chi connectivity index (χ0v) is 17.3. The van der Waals surface area contributed by atoms with Crippen molar-refractivity contribution in [2.75, 3.05) is 0 Å². The number of carbonyl (C=O) groups is 1. The van der Waals surface area contributed by atoms with Crippen LogP contribution in [0.2, 0.25) is 0 Å². The molecule has 2 heterocycles. The van der Waals surface area contributed by atoms with Gasteiger partial charge in [0, 0.05) is 22.9 Å². The van der Waals surface area contributed by atoms with Crippen LogP contribution in [-0.2, 0) is 13.1 Å². The molecule has 0 atom stereocenters. The van der Waals surface area contributed by atoms with Crippen molar-refractivity contribution in [1.82, 2.24) is 14.1 Å². The SMILES string of the molecule is N#CCn1c2ccccc2c2cc(-c3nc4cc(C(=O)O)ccc4n3CC3CC3)ccc21. The molecule has 6 nitrogen and oxygen atoms in total. The van der Waals surface area contributed by atoms with E-state index in [1.807, 2.05) is 28.8 Å². The average Bonchev–Trinajstić information content (AvgIpc) is 3.49. The van der Waals surface area contributed by atoms with Crippen LogP contribution in [0.25, 0.3) is 44.2 Å². The third-order valence-electron chi connectivity index (χ3n) is 6.39. The van der Waals surface area contributed by atoms with Crippen molar-refractivity contribution in [3.8, 4) is 17.5 Å². The van der Waals surface area contributed by atoms with Crippen LogP contribution in [0.15, 0.2) is 60.7 Å². The van der Waals surface area contributed by atoms with Crippen molar-refractivity contribution < 1.29 is 9.90 Å². The van der Waals surface area contributed by atoms with Gasteiger partial charge in [0.05, 0.1) is 33.7 Å². The van der Waals surface area contributed by atoms with Gasteiger partial charge >= 0.3 is 5.97 Å². The Morgan fingerprint density at radius 2 is 1.78 bits per heavy atom. The summed E-state index contributed by atoms with van der Waals surface area (Å²) in [6, 6.07) is 21.8. The predicted octanol–water partition coefficient (Wildman–Crippen LogP) is 5.44. The highest BCUT2D eigenvalue weighted by Gasteiger charge is 2.25. The van der Waals surface area contributed by atoms with Gasteiger partial charge in [-0.1, -0.05) is 18.2 Å². The first-order chi connectivity index (χ1) is 15.6. The Morgan fingerprint density at radius 3 is 2.56 bits per heavy atom. The summed E-state index contributed by atoms with van der Waals surface area (Å²) in [5, 5.41) is 20.9. The molecule has 6 heteroatoms. The highest BCUT2D eigenvalue weighted by Crippen LogP contribution is 2.37. The maximum atomic E-state index is 11.5. The quantitative estimate of drug-likeness (QED) is 0.410. The standard InChI is InChI=1S/C26H20N4O2/c27-11-12-29-22-4-2-1-3-19(22)20-13-17(7-9-23(20)29)25-28-21-14-18(26(31)32)8-10-24(21)30(25)15-16-5-6-16/h1-4,7-10,13-14,16H,5-6,12,15H2,(H,31,32). The number of hydrogen-bond acceptors (Lipinski definition) is 3. The Kier molecular flexibility index (Phi) is 4.05.